The number of halogens is 2. The van der Waals surface area contributed by atoms with E-state index in [1.54, 1.807) is 12.1 Å². The number of carbonyl (C=O) groups excluding carboxylic acids is 1. The van der Waals surface area contributed by atoms with Crippen molar-refractivity contribution in [1.82, 2.24) is 25.6 Å². The van der Waals surface area contributed by atoms with E-state index in [1.807, 2.05) is 11.6 Å². The standard InChI is InChI=1S/C16H20FN5O.ClH/c1-11-15(20-21-22(11)14-6-8-18-9-7-14)16(23)19-10-12-2-4-13(17)5-3-12;/h2-5,14,18H,6-10H2,1H3,(H,19,23);1H. The van der Waals surface area contributed by atoms with Crippen LogP contribution in [0.1, 0.15) is 40.6 Å². The molecule has 6 nitrogen and oxygen atoms in total. The van der Waals surface area contributed by atoms with Crippen molar-refractivity contribution in [2.45, 2.75) is 32.4 Å². The van der Waals surface area contributed by atoms with E-state index in [2.05, 4.69) is 20.9 Å². The van der Waals surface area contributed by atoms with Gasteiger partial charge in [0.2, 0.25) is 0 Å². The monoisotopic (exact) mass is 353 g/mol. The third-order valence-electron chi connectivity index (χ3n) is 4.16. The highest BCUT2D eigenvalue weighted by Crippen LogP contribution is 2.20. The van der Waals surface area contributed by atoms with Gasteiger partial charge in [0, 0.05) is 6.54 Å². The highest BCUT2D eigenvalue weighted by molar-refractivity contribution is 5.93. The Morgan fingerprint density at radius 1 is 1.33 bits per heavy atom. The fraction of sp³-hybridized carbons (Fsp3) is 0.438. The number of hydrogen-bond donors (Lipinski definition) is 2. The summed E-state index contributed by atoms with van der Waals surface area (Å²) < 4.78 is 14.7. The maximum atomic E-state index is 12.9. The Balaban J connectivity index is 0.00000208. The molecule has 1 fully saturated rings. The molecular weight excluding hydrogens is 333 g/mol. The molecule has 24 heavy (non-hydrogen) atoms. The lowest BCUT2D eigenvalue weighted by Crippen LogP contribution is -2.30. The van der Waals surface area contributed by atoms with Crippen LogP contribution in [-0.2, 0) is 6.54 Å². The fourth-order valence-electron chi connectivity index (χ4n) is 2.82. The SMILES string of the molecule is Cc1c(C(=O)NCc2ccc(F)cc2)nnn1C1CCNCC1.Cl. The Morgan fingerprint density at radius 3 is 2.67 bits per heavy atom. The summed E-state index contributed by atoms with van der Waals surface area (Å²) in [7, 11) is 0. The van der Waals surface area contributed by atoms with Gasteiger partial charge in [-0.05, 0) is 50.6 Å². The zero-order chi connectivity index (χ0) is 16.2. The maximum absolute atomic E-state index is 12.9. The normalized spacial score (nSPS) is 14.9. The zero-order valence-electron chi connectivity index (χ0n) is 13.5. The minimum atomic E-state index is -0.291. The lowest BCUT2D eigenvalue weighted by molar-refractivity contribution is 0.0945. The first-order chi connectivity index (χ1) is 11.1. The minimum Gasteiger partial charge on any atom is -0.347 e. The molecule has 1 aliphatic heterocycles. The van der Waals surface area contributed by atoms with Gasteiger partial charge in [-0.25, -0.2) is 9.07 Å². The molecule has 0 saturated carbocycles. The topological polar surface area (TPSA) is 71.8 Å². The van der Waals surface area contributed by atoms with Gasteiger partial charge in [0.1, 0.15) is 5.82 Å². The van der Waals surface area contributed by atoms with Gasteiger partial charge in [-0.15, -0.1) is 17.5 Å². The minimum absolute atomic E-state index is 0. The summed E-state index contributed by atoms with van der Waals surface area (Å²) in [5.41, 5.74) is 1.97. The highest BCUT2D eigenvalue weighted by atomic mass is 35.5. The molecule has 0 unspecified atom stereocenters. The Bertz CT molecular complexity index is 682. The van der Waals surface area contributed by atoms with Crippen molar-refractivity contribution in [3.63, 3.8) is 0 Å². The maximum Gasteiger partial charge on any atom is 0.274 e. The lowest BCUT2D eigenvalue weighted by atomic mass is 10.1. The molecule has 2 N–H and O–H groups in total. The van der Waals surface area contributed by atoms with E-state index in [0.29, 0.717) is 18.3 Å². The van der Waals surface area contributed by atoms with Gasteiger partial charge in [0.15, 0.2) is 5.69 Å². The van der Waals surface area contributed by atoms with Crippen LogP contribution in [0.4, 0.5) is 4.39 Å². The molecule has 1 aromatic carbocycles. The van der Waals surface area contributed by atoms with Gasteiger partial charge >= 0.3 is 0 Å². The van der Waals surface area contributed by atoms with Crippen molar-refractivity contribution in [2.24, 2.45) is 0 Å². The van der Waals surface area contributed by atoms with Crippen LogP contribution in [0.3, 0.4) is 0 Å². The van der Waals surface area contributed by atoms with Crippen LogP contribution in [0, 0.1) is 12.7 Å². The Labute approximate surface area is 146 Å². The van der Waals surface area contributed by atoms with Crippen molar-refractivity contribution < 1.29 is 9.18 Å². The van der Waals surface area contributed by atoms with Gasteiger partial charge in [-0.2, -0.15) is 0 Å². The van der Waals surface area contributed by atoms with Crippen LogP contribution in [0.25, 0.3) is 0 Å². The van der Waals surface area contributed by atoms with Gasteiger partial charge in [-0.3, -0.25) is 4.79 Å². The van der Waals surface area contributed by atoms with E-state index in [0.717, 1.165) is 37.2 Å². The number of amides is 1. The summed E-state index contributed by atoms with van der Waals surface area (Å²) in [5.74, 6) is -0.548. The fourth-order valence-corrected chi connectivity index (χ4v) is 2.82. The molecule has 3 rings (SSSR count). The van der Waals surface area contributed by atoms with E-state index in [9.17, 15) is 9.18 Å². The van der Waals surface area contributed by atoms with E-state index >= 15 is 0 Å². The summed E-state index contributed by atoms with van der Waals surface area (Å²) in [4.78, 5) is 12.3. The molecule has 130 valence electrons. The molecule has 2 heterocycles. The molecule has 1 aliphatic rings. The number of piperidine rings is 1. The first-order valence-corrected chi connectivity index (χ1v) is 7.80. The van der Waals surface area contributed by atoms with Crippen LogP contribution in [0.2, 0.25) is 0 Å². The summed E-state index contributed by atoms with van der Waals surface area (Å²) in [6, 6.07) is 6.34. The average molecular weight is 354 g/mol. The molecule has 0 bridgehead atoms. The second-order valence-corrected chi connectivity index (χ2v) is 5.76. The Kier molecular flexibility index (Phi) is 6.28. The quantitative estimate of drug-likeness (QED) is 0.882. The molecule has 0 spiro atoms. The van der Waals surface area contributed by atoms with E-state index in [-0.39, 0.29) is 24.1 Å². The Morgan fingerprint density at radius 2 is 2.00 bits per heavy atom. The summed E-state index contributed by atoms with van der Waals surface area (Å²) in [5, 5.41) is 14.3. The van der Waals surface area contributed by atoms with Gasteiger partial charge in [0.05, 0.1) is 11.7 Å². The molecule has 0 radical (unpaired) electrons. The van der Waals surface area contributed by atoms with Crippen molar-refractivity contribution in [3.8, 4) is 0 Å². The molecular formula is C16H21ClFN5O. The smallest absolute Gasteiger partial charge is 0.274 e. The molecule has 2 aromatic rings. The first-order valence-electron chi connectivity index (χ1n) is 7.80. The second-order valence-electron chi connectivity index (χ2n) is 5.76. The number of rotatable bonds is 4. The third-order valence-corrected chi connectivity index (χ3v) is 4.16. The van der Waals surface area contributed by atoms with Crippen molar-refractivity contribution >= 4 is 18.3 Å². The van der Waals surface area contributed by atoms with Crippen LogP contribution in [0.15, 0.2) is 24.3 Å². The molecule has 0 aliphatic carbocycles. The van der Waals surface area contributed by atoms with E-state index in [1.165, 1.54) is 12.1 Å². The first kappa shape index (κ1) is 18.4. The van der Waals surface area contributed by atoms with Crippen LogP contribution in [-0.4, -0.2) is 34.0 Å². The van der Waals surface area contributed by atoms with Crippen molar-refractivity contribution in [3.05, 3.63) is 47.0 Å². The average Bonchev–Trinajstić information content (AvgIpc) is 2.96. The molecule has 8 heteroatoms. The predicted molar refractivity (Wildman–Crippen MR) is 90.7 cm³/mol. The Hall–Kier alpha value is -1.99. The summed E-state index contributed by atoms with van der Waals surface area (Å²) >= 11 is 0. The molecule has 1 aromatic heterocycles. The second kappa shape index (κ2) is 8.21. The van der Waals surface area contributed by atoms with E-state index < -0.39 is 0 Å². The van der Waals surface area contributed by atoms with Gasteiger partial charge in [-0.1, -0.05) is 17.3 Å². The number of aromatic nitrogens is 3. The highest BCUT2D eigenvalue weighted by Gasteiger charge is 2.22. The van der Waals surface area contributed by atoms with E-state index in [4.69, 9.17) is 0 Å². The van der Waals surface area contributed by atoms with Gasteiger partial charge < -0.3 is 10.6 Å². The number of hydrogen-bond acceptors (Lipinski definition) is 4. The predicted octanol–water partition coefficient (Wildman–Crippen LogP) is 2.00. The molecule has 0 atom stereocenters. The van der Waals surface area contributed by atoms with Gasteiger partial charge in [0.25, 0.3) is 5.91 Å². The van der Waals surface area contributed by atoms with Crippen LogP contribution in [0.5, 0.6) is 0 Å². The summed E-state index contributed by atoms with van der Waals surface area (Å²) in [6.07, 6.45) is 1.97. The molecule has 1 amide bonds. The summed E-state index contributed by atoms with van der Waals surface area (Å²) in [6.45, 7) is 4.11. The number of nitrogens with zero attached hydrogens (tertiary/aromatic N) is 3. The number of carbonyl (C=O) groups is 1. The zero-order valence-corrected chi connectivity index (χ0v) is 14.3. The van der Waals surface area contributed by atoms with Crippen molar-refractivity contribution in [1.29, 1.82) is 0 Å². The van der Waals surface area contributed by atoms with Crippen LogP contribution >= 0.6 is 12.4 Å². The largest absolute Gasteiger partial charge is 0.347 e. The number of benzene rings is 1. The van der Waals surface area contributed by atoms with Crippen molar-refractivity contribution in [2.75, 3.05) is 13.1 Å². The van der Waals surface area contributed by atoms with Crippen LogP contribution < -0.4 is 10.6 Å². The molecule has 1 saturated heterocycles. The lowest BCUT2D eigenvalue weighted by Gasteiger charge is -2.23. The number of nitrogens with one attached hydrogen (secondary N) is 2. The third kappa shape index (κ3) is 4.10.